The second-order valence-corrected chi connectivity index (χ2v) is 7.37. The minimum Gasteiger partial charge on any atom is -0.481 e. The van der Waals surface area contributed by atoms with Gasteiger partial charge in [0.15, 0.2) is 0 Å². The lowest BCUT2D eigenvalue weighted by Crippen LogP contribution is -2.15. The number of esters is 1. The molecule has 0 amide bonds. The summed E-state index contributed by atoms with van der Waals surface area (Å²) in [5.41, 5.74) is 3.51. The van der Waals surface area contributed by atoms with Crippen molar-refractivity contribution < 1.29 is 19.4 Å². The van der Waals surface area contributed by atoms with Crippen molar-refractivity contribution in [2.45, 2.75) is 11.8 Å². The van der Waals surface area contributed by atoms with Crippen LogP contribution in [0, 0.1) is 0 Å². The first kappa shape index (κ1) is 23.5. The molecule has 1 N–H and O–H groups in total. The second-order valence-electron chi connectivity index (χ2n) is 7.37. The second kappa shape index (κ2) is 12.0. The molecule has 0 saturated carbocycles. The summed E-state index contributed by atoms with van der Waals surface area (Å²) in [5.74, 6) is -1.98. The molecule has 0 fully saturated rings. The predicted molar refractivity (Wildman–Crippen MR) is 129 cm³/mol. The summed E-state index contributed by atoms with van der Waals surface area (Å²) >= 11 is 0. The number of benzene rings is 4. The van der Waals surface area contributed by atoms with Gasteiger partial charge in [-0.2, -0.15) is 0 Å². The van der Waals surface area contributed by atoms with E-state index < -0.39 is 11.9 Å². The molecule has 4 aromatic carbocycles. The Balaban J connectivity index is 0.000000186. The first-order chi connectivity index (χ1) is 16.1. The van der Waals surface area contributed by atoms with Gasteiger partial charge in [0, 0.05) is 0 Å². The summed E-state index contributed by atoms with van der Waals surface area (Å²) in [5, 5.41) is 9.28. The van der Waals surface area contributed by atoms with Crippen LogP contribution >= 0.6 is 0 Å². The van der Waals surface area contributed by atoms with E-state index in [9.17, 15) is 14.7 Å². The fourth-order valence-electron chi connectivity index (χ4n) is 3.64. The Morgan fingerprint density at radius 2 is 0.818 bits per heavy atom. The van der Waals surface area contributed by atoms with Crippen LogP contribution in [0.5, 0.6) is 0 Å². The molecule has 0 spiro atoms. The first-order valence-corrected chi connectivity index (χ1v) is 10.6. The van der Waals surface area contributed by atoms with Crippen LogP contribution < -0.4 is 0 Å². The summed E-state index contributed by atoms with van der Waals surface area (Å²) in [6, 6.07) is 37.9. The molecule has 0 heterocycles. The molecule has 4 nitrogen and oxygen atoms in total. The third-order valence-corrected chi connectivity index (χ3v) is 5.22. The van der Waals surface area contributed by atoms with Crippen molar-refractivity contribution in [3.8, 4) is 0 Å². The maximum atomic E-state index is 11.9. The Hall–Kier alpha value is -4.18. The molecule has 166 valence electrons. The summed E-state index contributed by atoms with van der Waals surface area (Å²) in [6.07, 6.45) is 0. The molecule has 0 aliphatic heterocycles. The van der Waals surface area contributed by atoms with E-state index in [1.54, 1.807) is 0 Å². The van der Waals surface area contributed by atoms with Gasteiger partial charge in [-0.15, -0.1) is 0 Å². The number of aliphatic carboxylic acids is 1. The SMILES string of the molecule is COC(=O)C(c1ccccc1)c1ccccc1.O=C(O)C(c1ccccc1)c1ccccc1. The van der Waals surface area contributed by atoms with Gasteiger partial charge in [-0.3, -0.25) is 9.59 Å². The van der Waals surface area contributed by atoms with Gasteiger partial charge in [0.05, 0.1) is 7.11 Å². The summed E-state index contributed by atoms with van der Waals surface area (Å²) in [7, 11) is 1.42. The molecule has 4 rings (SSSR count). The average molecular weight is 439 g/mol. The molecular formula is C29H26O4. The molecule has 0 aromatic heterocycles. The van der Waals surface area contributed by atoms with Gasteiger partial charge in [0.2, 0.25) is 0 Å². The zero-order chi connectivity index (χ0) is 23.5. The number of carbonyl (C=O) groups excluding carboxylic acids is 1. The highest BCUT2D eigenvalue weighted by Crippen LogP contribution is 2.26. The molecule has 0 radical (unpaired) electrons. The predicted octanol–water partition coefficient (Wildman–Crippen LogP) is 5.89. The monoisotopic (exact) mass is 438 g/mol. The van der Waals surface area contributed by atoms with Crippen LogP contribution in [0.2, 0.25) is 0 Å². The summed E-state index contributed by atoms with van der Waals surface area (Å²) in [4.78, 5) is 23.2. The number of carboxylic acid groups (broad SMARTS) is 1. The van der Waals surface area contributed by atoms with Crippen LogP contribution in [0.3, 0.4) is 0 Å². The third kappa shape index (κ3) is 6.40. The van der Waals surface area contributed by atoms with Gasteiger partial charge in [-0.25, -0.2) is 0 Å². The van der Waals surface area contributed by atoms with Crippen LogP contribution in [0.4, 0.5) is 0 Å². The van der Waals surface area contributed by atoms with Gasteiger partial charge in [0.1, 0.15) is 11.8 Å². The van der Waals surface area contributed by atoms with Crippen molar-refractivity contribution in [2.75, 3.05) is 7.11 Å². The Morgan fingerprint density at radius 1 is 0.545 bits per heavy atom. The van der Waals surface area contributed by atoms with Gasteiger partial charge >= 0.3 is 11.9 Å². The molecule has 0 aliphatic rings. The van der Waals surface area contributed by atoms with Crippen molar-refractivity contribution in [2.24, 2.45) is 0 Å². The number of carboxylic acids is 1. The lowest BCUT2D eigenvalue weighted by atomic mass is 9.91. The highest BCUT2D eigenvalue weighted by molar-refractivity contribution is 5.82. The number of hydrogen-bond donors (Lipinski definition) is 1. The molecule has 0 saturated heterocycles. The quantitative estimate of drug-likeness (QED) is 0.381. The zero-order valence-corrected chi connectivity index (χ0v) is 18.4. The number of rotatable bonds is 6. The topological polar surface area (TPSA) is 63.6 Å². The van der Waals surface area contributed by atoms with E-state index in [1.807, 2.05) is 121 Å². The van der Waals surface area contributed by atoms with E-state index >= 15 is 0 Å². The number of hydrogen-bond acceptors (Lipinski definition) is 3. The Bertz CT molecular complexity index is 1050. The Labute approximate surface area is 194 Å². The maximum absolute atomic E-state index is 11.9. The largest absolute Gasteiger partial charge is 0.481 e. The normalized spacial score (nSPS) is 10.3. The average Bonchev–Trinajstić information content (AvgIpc) is 2.87. The van der Waals surface area contributed by atoms with Crippen molar-refractivity contribution >= 4 is 11.9 Å². The van der Waals surface area contributed by atoms with Crippen molar-refractivity contribution in [3.63, 3.8) is 0 Å². The molecule has 0 bridgehead atoms. The van der Waals surface area contributed by atoms with Gasteiger partial charge in [0.25, 0.3) is 0 Å². The van der Waals surface area contributed by atoms with Gasteiger partial charge in [-0.1, -0.05) is 121 Å². The van der Waals surface area contributed by atoms with E-state index in [4.69, 9.17) is 4.74 Å². The molecule has 0 atom stereocenters. The number of methoxy groups -OCH3 is 1. The van der Waals surface area contributed by atoms with E-state index in [1.165, 1.54) is 7.11 Å². The van der Waals surface area contributed by atoms with E-state index in [2.05, 4.69) is 0 Å². The fraction of sp³-hybridized carbons (Fsp3) is 0.103. The van der Waals surface area contributed by atoms with E-state index in [-0.39, 0.29) is 11.9 Å². The molecule has 0 aliphatic carbocycles. The lowest BCUT2D eigenvalue weighted by Gasteiger charge is -2.15. The maximum Gasteiger partial charge on any atom is 0.317 e. The van der Waals surface area contributed by atoms with Crippen LogP contribution in [-0.2, 0) is 14.3 Å². The molecule has 4 heteroatoms. The highest BCUT2D eigenvalue weighted by atomic mass is 16.5. The van der Waals surface area contributed by atoms with Gasteiger partial charge in [-0.05, 0) is 22.3 Å². The van der Waals surface area contributed by atoms with Crippen molar-refractivity contribution in [1.82, 2.24) is 0 Å². The number of ether oxygens (including phenoxy) is 1. The minimum absolute atomic E-state index is 0.234. The summed E-state index contributed by atoms with van der Waals surface area (Å²) in [6.45, 7) is 0. The van der Waals surface area contributed by atoms with Crippen molar-refractivity contribution in [3.05, 3.63) is 144 Å². The minimum atomic E-state index is -0.822. The van der Waals surface area contributed by atoms with Gasteiger partial charge < -0.3 is 9.84 Å². The fourth-order valence-corrected chi connectivity index (χ4v) is 3.64. The summed E-state index contributed by atoms with van der Waals surface area (Å²) < 4.78 is 4.88. The van der Waals surface area contributed by atoms with E-state index in [0.717, 1.165) is 22.3 Å². The van der Waals surface area contributed by atoms with Crippen LogP contribution in [0.25, 0.3) is 0 Å². The molecular weight excluding hydrogens is 412 g/mol. The Morgan fingerprint density at radius 3 is 1.06 bits per heavy atom. The van der Waals surface area contributed by atoms with Crippen LogP contribution in [0.1, 0.15) is 34.1 Å². The first-order valence-electron chi connectivity index (χ1n) is 10.6. The van der Waals surface area contributed by atoms with E-state index in [0.29, 0.717) is 0 Å². The third-order valence-electron chi connectivity index (χ3n) is 5.22. The zero-order valence-electron chi connectivity index (χ0n) is 18.4. The Kier molecular flexibility index (Phi) is 8.55. The smallest absolute Gasteiger partial charge is 0.317 e. The standard InChI is InChI=1S/C15H14O2.C14H12O2/c1-17-15(16)14(12-8-4-2-5-9-12)13-10-6-3-7-11-13;15-14(16)13(11-7-3-1-4-8-11)12-9-5-2-6-10-12/h2-11,14H,1H3;1-10,13H,(H,15,16). The lowest BCUT2D eigenvalue weighted by molar-refractivity contribution is -0.141. The highest BCUT2D eigenvalue weighted by Gasteiger charge is 2.23. The van der Waals surface area contributed by atoms with Crippen LogP contribution in [-0.4, -0.2) is 24.2 Å². The molecule has 33 heavy (non-hydrogen) atoms. The molecule has 0 unspecified atom stereocenters. The molecule has 4 aromatic rings. The van der Waals surface area contributed by atoms with Crippen LogP contribution in [0.15, 0.2) is 121 Å². The number of carbonyl (C=O) groups is 2. The van der Waals surface area contributed by atoms with Crippen molar-refractivity contribution in [1.29, 1.82) is 0 Å².